The number of aromatic amines is 1. The number of hydrogen-bond donors (Lipinski definition) is 2. The first-order valence-corrected chi connectivity index (χ1v) is 7.72. The molecule has 2 N–H and O–H groups in total. The lowest BCUT2D eigenvalue weighted by Crippen LogP contribution is -2.11. The SMILES string of the molecule is O=C(Nc1ccccc1-c1nc(-c2ccccc2)n[nH]1)c1ccoc1. The van der Waals surface area contributed by atoms with Crippen LogP contribution in [0.5, 0.6) is 0 Å². The Bertz CT molecular complexity index is 991. The fourth-order valence-electron chi connectivity index (χ4n) is 2.49. The summed E-state index contributed by atoms with van der Waals surface area (Å²) >= 11 is 0. The normalized spacial score (nSPS) is 10.6. The molecular weight excluding hydrogens is 316 g/mol. The molecular formula is C19H14N4O2. The van der Waals surface area contributed by atoms with Gasteiger partial charge in [0.1, 0.15) is 6.26 Å². The van der Waals surface area contributed by atoms with Crippen LogP contribution in [0.1, 0.15) is 10.4 Å². The molecule has 0 saturated heterocycles. The van der Waals surface area contributed by atoms with Crippen molar-refractivity contribution >= 4 is 11.6 Å². The lowest BCUT2D eigenvalue weighted by molar-refractivity contribution is 0.102. The van der Waals surface area contributed by atoms with E-state index >= 15 is 0 Å². The number of carbonyl (C=O) groups excluding carboxylic acids is 1. The highest BCUT2D eigenvalue weighted by atomic mass is 16.3. The average molecular weight is 330 g/mol. The molecule has 6 nitrogen and oxygen atoms in total. The third-order valence-corrected chi connectivity index (χ3v) is 3.73. The number of nitrogens with zero attached hydrogens (tertiary/aromatic N) is 2. The average Bonchev–Trinajstić information content (AvgIpc) is 3.35. The fourth-order valence-corrected chi connectivity index (χ4v) is 2.49. The Hall–Kier alpha value is -3.67. The summed E-state index contributed by atoms with van der Waals surface area (Å²) in [7, 11) is 0. The topological polar surface area (TPSA) is 83.8 Å². The molecule has 4 rings (SSSR count). The van der Waals surface area contributed by atoms with Crippen LogP contribution in [0.2, 0.25) is 0 Å². The zero-order valence-corrected chi connectivity index (χ0v) is 13.1. The second kappa shape index (κ2) is 6.45. The summed E-state index contributed by atoms with van der Waals surface area (Å²) in [5, 5.41) is 10.1. The number of hydrogen-bond acceptors (Lipinski definition) is 4. The zero-order chi connectivity index (χ0) is 17.1. The first-order valence-electron chi connectivity index (χ1n) is 7.72. The maximum absolute atomic E-state index is 12.3. The number of anilines is 1. The van der Waals surface area contributed by atoms with E-state index in [-0.39, 0.29) is 5.91 Å². The maximum Gasteiger partial charge on any atom is 0.258 e. The highest BCUT2D eigenvalue weighted by Crippen LogP contribution is 2.27. The fraction of sp³-hybridized carbons (Fsp3) is 0. The summed E-state index contributed by atoms with van der Waals surface area (Å²) < 4.78 is 4.95. The summed E-state index contributed by atoms with van der Waals surface area (Å²) in [6.07, 6.45) is 2.86. The van der Waals surface area contributed by atoms with Crippen LogP contribution in [0, 0.1) is 0 Å². The van der Waals surface area contributed by atoms with Gasteiger partial charge in [0.05, 0.1) is 17.5 Å². The number of furan rings is 1. The van der Waals surface area contributed by atoms with E-state index in [1.165, 1.54) is 12.5 Å². The van der Waals surface area contributed by atoms with Gasteiger partial charge in [-0.2, -0.15) is 5.10 Å². The minimum Gasteiger partial charge on any atom is -0.472 e. The van der Waals surface area contributed by atoms with Crippen molar-refractivity contribution in [3.05, 3.63) is 78.8 Å². The van der Waals surface area contributed by atoms with Crippen molar-refractivity contribution in [3.8, 4) is 22.8 Å². The molecule has 0 saturated carbocycles. The van der Waals surface area contributed by atoms with E-state index in [2.05, 4.69) is 20.5 Å². The summed E-state index contributed by atoms with van der Waals surface area (Å²) in [5.74, 6) is 0.942. The van der Waals surface area contributed by atoms with Gasteiger partial charge >= 0.3 is 0 Å². The second-order valence-corrected chi connectivity index (χ2v) is 5.39. The van der Waals surface area contributed by atoms with E-state index in [0.717, 1.165) is 11.1 Å². The highest BCUT2D eigenvalue weighted by molar-refractivity contribution is 6.05. The van der Waals surface area contributed by atoms with Crippen molar-refractivity contribution in [2.75, 3.05) is 5.32 Å². The van der Waals surface area contributed by atoms with Gasteiger partial charge in [-0.05, 0) is 18.2 Å². The van der Waals surface area contributed by atoms with Crippen LogP contribution >= 0.6 is 0 Å². The van der Waals surface area contributed by atoms with Gasteiger partial charge in [0.2, 0.25) is 0 Å². The predicted molar refractivity (Wildman–Crippen MR) is 93.9 cm³/mol. The molecule has 0 bridgehead atoms. The van der Waals surface area contributed by atoms with Gasteiger partial charge in [-0.3, -0.25) is 9.89 Å². The van der Waals surface area contributed by atoms with Crippen molar-refractivity contribution in [2.24, 2.45) is 0 Å². The minimum absolute atomic E-state index is 0.246. The Morgan fingerprint density at radius 3 is 2.60 bits per heavy atom. The lowest BCUT2D eigenvalue weighted by atomic mass is 10.1. The van der Waals surface area contributed by atoms with Crippen LogP contribution in [-0.4, -0.2) is 21.1 Å². The van der Waals surface area contributed by atoms with E-state index in [0.29, 0.717) is 22.9 Å². The molecule has 0 atom stereocenters. The maximum atomic E-state index is 12.3. The molecule has 4 aromatic rings. The number of benzene rings is 2. The number of carbonyl (C=O) groups is 1. The van der Waals surface area contributed by atoms with E-state index in [1.807, 2.05) is 54.6 Å². The van der Waals surface area contributed by atoms with Gasteiger partial charge in [-0.25, -0.2) is 4.98 Å². The van der Waals surface area contributed by atoms with Crippen LogP contribution in [0.15, 0.2) is 77.6 Å². The summed E-state index contributed by atoms with van der Waals surface area (Å²) in [5.41, 5.74) is 2.78. The number of aromatic nitrogens is 3. The van der Waals surface area contributed by atoms with Gasteiger partial charge < -0.3 is 9.73 Å². The van der Waals surface area contributed by atoms with Gasteiger partial charge in [0.15, 0.2) is 11.6 Å². The number of nitrogens with one attached hydrogen (secondary N) is 2. The number of rotatable bonds is 4. The summed E-state index contributed by atoms with van der Waals surface area (Å²) in [6.45, 7) is 0. The third kappa shape index (κ3) is 3.05. The van der Waals surface area contributed by atoms with Crippen LogP contribution in [-0.2, 0) is 0 Å². The quantitative estimate of drug-likeness (QED) is 0.593. The molecule has 0 aliphatic rings. The van der Waals surface area contributed by atoms with Gasteiger partial charge in [0.25, 0.3) is 5.91 Å². The predicted octanol–water partition coefficient (Wildman–Crippen LogP) is 3.98. The van der Waals surface area contributed by atoms with E-state index in [4.69, 9.17) is 4.42 Å². The standard InChI is InChI=1S/C19H14N4O2/c24-19(14-10-11-25-12-14)20-16-9-5-4-8-15(16)18-21-17(22-23-18)13-6-2-1-3-7-13/h1-12H,(H,20,24)(H,21,22,23). The van der Waals surface area contributed by atoms with Crippen molar-refractivity contribution in [2.45, 2.75) is 0 Å². The molecule has 0 aliphatic heterocycles. The monoisotopic (exact) mass is 330 g/mol. The Labute approximate surface area is 143 Å². The Morgan fingerprint density at radius 2 is 1.80 bits per heavy atom. The van der Waals surface area contributed by atoms with E-state index in [1.54, 1.807) is 6.07 Å². The van der Waals surface area contributed by atoms with E-state index < -0.39 is 0 Å². The minimum atomic E-state index is -0.246. The molecule has 6 heteroatoms. The van der Waals surface area contributed by atoms with Crippen LogP contribution < -0.4 is 5.32 Å². The molecule has 1 amide bonds. The molecule has 0 fully saturated rings. The molecule has 2 heterocycles. The van der Waals surface area contributed by atoms with Crippen molar-refractivity contribution < 1.29 is 9.21 Å². The van der Waals surface area contributed by atoms with Crippen LogP contribution in [0.4, 0.5) is 5.69 Å². The van der Waals surface area contributed by atoms with Gasteiger partial charge in [-0.15, -0.1) is 0 Å². The summed E-state index contributed by atoms with van der Waals surface area (Å²) in [6, 6.07) is 18.7. The molecule has 0 aliphatic carbocycles. The smallest absolute Gasteiger partial charge is 0.258 e. The molecule has 0 spiro atoms. The van der Waals surface area contributed by atoms with Crippen molar-refractivity contribution in [3.63, 3.8) is 0 Å². The first kappa shape index (κ1) is 14.9. The zero-order valence-electron chi connectivity index (χ0n) is 13.1. The first-order chi connectivity index (χ1) is 12.3. The van der Waals surface area contributed by atoms with Crippen molar-refractivity contribution in [1.82, 2.24) is 15.2 Å². The molecule has 2 aromatic heterocycles. The van der Waals surface area contributed by atoms with Crippen LogP contribution in [0.3, 0.4) is 0 Å². The molecule has 122 valence electrons. The van der Waals surface area contributed by atoms with Gasteiger partial charge in [-0.1, -0.05) is 42.5 Å². The number of H-pyrrole nitrogens is 1. The largest absolute Gasteiger partial charge is 0.472 e. The number of para-hydroxylation sites is 1. The highest BCUT2D eigenvalue weighted by Gasteiger charge is 2.14. The van der Waals surface area contributed by atoms with E-state index in [9.17, 15) is 4.79 Å². The Balaban J connectivity index is 1.65. The Morgan fingerprint density at radius 1 is 1.00 bits per heavy atom. The molecule has 0 radical (unpaired) electrons. The molecule has 25 heavy (non-hydrogen) atoms. The van der Waals surface area contributed by atoms with Crippen LogP contribution in [0.25, 0.3) is 22.8 Å². The summed E-state index contributed by atoms with van der Waals surface area (Å²) in [4.78, 5) is 16.8. The van der Waals surface area contributed by atoms with Gasteiger partial charge in [0, 0.05) is 11.1 Å². The number of amides is 1. The van der Waals surface area contributed by atoms with Crippen molar-refractivity contribution in [1.29, 1.82) is 0 Å². The third-order valence-electron chi connectivity index (χ3n) is 3.73. The lowest BCUT2D eigenvalue weighted by Gasteiger charge is -2.08. The molecule has 0 unspecified atom stereocenters. The molecule has 2 aromatic carbocycles. The second-order valence-electron chi connectivity index (χ2n) is 5.39. The Kier molecular flexibility index (Phi) is 3.84.